The lowest BCUT2D eigenvalue weighted by atomic mass is 10.7. The maximum Gasteiger partial charge on any atom is 0.168 e. The first kappa shape index (κ1) is 6.78. The Balaban J connectivity index is 3.32. The zero-order chi connectivity index (χ0) is 5.86. The van der Waals surface area contributed by atoms with Gasteiger partial charge in [-0.05, 0) is 19.1 Å². The molecule has 0 aromatic rings. The van der Waals surface area contributed by atoms with Gasteiger partial charge in [0.15, 0.2) is 5.11 Å². The lowest BCUT2D eigenvalue weighted by Gasteiger charge is -1.95. The van der Waals surface area contributed by atoms with Crippen molar-refractivity contribution in [3.63, 3.8) is 0 Å². The largest absolute Gasteiger partial charge is 0.376 e. The maximum atomic E-state index is 5.03. The van der Waals surface area contributed by atoms with E-state index in [0.29, 0.717) is 4.99 Å². The fraction of sp³-hybridized carbons (Fsp3) is 0.333. The monoisotopic (exact) mass is 134 g/mol. The Hall–Kier alpha value is -0.220. The van der Waals surface area contributed by atoms with E-state index in [1.165, 1.54) is 0 Å². The van der Waals surface area contributed by atoms with Gasteiger partial charge < -0.3 is 11.1 Å². The van der Waals surface area contributed by atoms with Gasteiger partial charge in [-0.1, -0.05) is 12.2 Å². The van der Waals surface area contributed by atoms with Crippen LogP contribution in [0.1, 0.15) is 6.92 Å². The maximum absolute atomic E-state index is 5.03. The standard InChI is InChI=1S/C3H6N2S2/c1-2(6)5-3(4)7/h1H3,(H3,4,5,6,7). The van der Waals surface area contributed by atoms with E-state index in [9.17, 15) is 0 Å². The van der Waals surface area contributed by atoms with Gasteiger partial charge in [-0.3, -0.25) is 0 Å². The molecular weight excluding hydrogens is 128 g/mol. The fourth-order valence-electron chi connectivity index (χ4n) is 0.173. The topological polar surface area (TPSA) is 38.0 Å². The molecule has 0 spiro atoms. The van der Waals surface area contributed by atoms with E-state index < -0.39 is 0 Å². The number of rotatable bonds is 0. The fourth-order valence-corrected chi connectivity index (χ4v) is 0.501. The summed E-state index contributed by atoms with van der Waals surface area (Å²) in [5.74, 6) is 0. The molecule has 0 saturated heterocycles. The van der Waals surface area contributed by atoms with Gasteiger partial charge in [0, 0.05) is 0 Å². The van der Waals surface area contributed by atoms with Crippen molar-refractivity contribution in [2.45, 2.75) is 6.92 Å². The second-order valence-corrected chi connectivity index (χ2v) is 2.10. The molecule has 4 heteroatoms. The normalized spacial score (nSPS) is 7.57. The van der Waals surface area contributed by atoms with Gasteiger partial charge in [0.2, 0.25) is 0 Å². The first-order valence-electron chi connectivity index (χ1n) is 1.70. The Bertz CT molecular complexity index is 87.1. The molecule has 7 heavy (non-hydrogen) atoms. The van der Waals surface area contributed by atoms with E-state index in [2.05, 4.69) is 29.8 Å². The molecule has 0 saturated carbocycles. The van der Waals surface area contributed by atoms with Gasteiger partial charge in [0.05, 0.1) is 4.99 Å². The van der Waals surface area contributed by atoms with E-state index in [1.54, 1.807) is 6.92 Å². The van der Waals surface area contributed by atoms with Crippen LogP contribution in [0.5, 0.6) is 0 Å². The van der Waals surface area contributed by atoms with E-state index in [4.69, 9.17) is 5.73 Å². The Morgan fingerprint density at radius 1 is 1.57 bits per heavy atom. The van der Waals surface area contributed by atoms with Crippen LogP contribution >= 0.6 is 24.4 Å². The molecule has 0 atom stereocenters. The van der Waals surface area contributed by atoms with Crippen LogP contribution in [0.25, 0.3) is 0 Å². The van der Waals surface area contributed by atoms with E-state index in [0.717, 1.165) is 0 Å². The summed E-state index contributed by atoms with van der Waals surface area (Å²) >= 11 is 9.04. The number of nitrogens with two attached hydrogens (primary N) is 1. The molecule has 2 nitrogen and oxygen atoms in total. The van der Waals surface area contributed by atoms with Crippen molar-refractivity contribution >= 4 is 34.5 Å². The molecule has 0 aromatic carbocycles. The lowest BCUT2D eigenvalue weighted by Crippen LogP contribution is -2.31. The molecule has 0 heterocycles. The quantitative estimate of drug-likeness (QED) is 0.463. The smallest absolute Gasteiger partial charge is 0.168 e. The zero-order valence-corrected chi connectivity index (χ0v) is 5.53. The van der Waals surface area contributed by atoms with Gasteiger partial charge >= 0.3 is 0 Å². The molecule has 40 valence electrons. The highest BCUT2D eigenvalue weighted by Gasteiger charge is 1.82. The third-order valence-corrected chi connectivity index (χ3v) is 0.503. The lowest BCUT2D eigenvalue weighted by molar-refractivity contribution is 1.38. The minimum atomic E-state index is 0.229. The molecule has 0 aliphatic carbocycles. The Morgan fingerprint density at radius 3 is 2.00 bits per heavy atom. The summed E-state index contributed by atoms with van der Waals surface area (Å²) in [7, 11) is 0. The molecule has 0 aliphatic rings. The first-order valence-corrected chi connectivity index (χ1v) is 2.51. The summed E-state index contributed by atoms with van der Waals surface area (Å²) in [4.78, 5) is 0.604. The van der Waals surface area contributed by atoms with Crippen LogP contribution in [-0.2, 0) is 0 Å². The SMILES string of the molecule is CC(=S)NC(N)=S. The molecule has 0 aliphatic heterocycles. The molecule has 0 bridgehead atoms. The van der Waals surface area contributed by atoms with Crippen LogP contribution in [-0.4, -0.2) is 10.1 Å². The molecular formula is C3H6N2S2. The average Bonchev–Trinajstić information content (AvgIpc) is 1.27. The van der Waals surface area contributed by atoms with Crippen molar-refractivity contribution in [2.24, 2.45) is 5.73 Å². The predicted molar refractivity (Wildman–Crippen MR) is 38.2 cm³/mol. The minimum absolute atomic E-state index is 0.229. The molecule has 0 rings (SSSR count). The minimum Gasteiger partial charge on any atom is -0.376 e. The first-order chi connectivity index (χ1) is 3.13. The van der Waals surface area contributed by atoms with Crippen LogP contribution in [0.3, 0.4) is 0 Å². The molecule has 0 unspecified atom stereocenters. The Kier molecular flexibility index (Phi) is 2.78. The number of hydrogen-bond acceptors (Lipinski definition) is 2. The summed E-state index contributed by atoms with van der Waals surface area (Å²) < 4.78 is 0. The third kappa shape index (κ3) is 5.78. The number of hydrogen-bond donors (Lipinski definition) is 2. The summed E-state index contributed by atoms with van der Waals surface area (Å²) in [5.41, 5.74) is 5.03. The third-order valence-electron chi connectivity index (χ3n) is 0.299. The summed E-state index contributed by atoms with van der Waals surface area (Å²) in [6.45, 7) is 1.72. The van der Waals surface area contributed by atoms with Crippen LogP contribution in [0.4, 0.5) is 0 Å². The highest BCUT2D eigenvalue weighted by atomic mass is 32.1. The highest BCUT2D eigenvalue weighted by Crippen LogP contribution is 1.64. The molecule has 0 aromatic heterocycles. The highest BCUT2D eigenvalue weighted by molar-refractivity contribution is 7.81. The van der Waals surface area contributed by atoms with Crippen molar-refractivity contribution in [3.05, 3.63) is 0 Å². The summed E-state index contributed by atoms with van der Waals surface area (Å²) in [5, 5.41) is 2.78. The van der Waals surface area contributed by atoms with Crippen molar-refractivity contribution in [1.29, 1.82) is 0 Å². The van der Waals surface area contributed by atoms with E-state index in [1.807, 2.05) is 0 Å². The molecule has 3 N–H and O–H groups in total. The summed E-state index contributed by atoms with van der Waals surface area (Å²) in [6.07, 6.45) is 0. The van der Waals surface area contributed by atoms with Gasteiger partial charge in [-0.15, -0.1) is 0 Å². The molecule has 0 amide bonds. The van der Waals surface area contributed by atoms with Crippen molar-refractivity contribution in [3.8, 4) is 0 Å². The average molecular weight is 134 g/mol. The zero-order valence-electron chi connectivity index (χ0n) is 3.89. The second kappa shape index (κ2) is 2.87. The van der Waals surface area contributed by atoms with Gasteiger partial charge in [0.25, 0.3) is 0 Å². The van der Waals surface area contributed by atoms with E-state index >= 15 is 0 Å². The van der Waals surface area contributed by atoms with Crippen molar-refractivity contribution < 1.29 is 0 Å². The van der Waals surface area contributed by atoms with Crippen molar-refractivity contribution in [2.75, 3.05) is 0 Å². The van der Waals surface area contributed by atoms with Crippen LogP contribution in [0.2, 0.25) is 0 Å². The Morgan fingerprint density at radius 2 is 2.00 bits per heavy atom. The second-order valence-electron chi connectivity index (χ2n) is 1.05. The Labute approximate surface area is 53.1 Å². The van der Waals surface area contributed by atoms with Gasteiger partial charge in [0.1, 0.15) is 0 Å². The molecule has 0 fully saturated rings. The molecule has 0 radical (unpaired) electrons. The van der Waals surface area contributed by atoms with Crippen LogP contribution in [0.15, 0.2) is 0 Å². The van der Waals surface area contributed by atoms with Crippen molar-refractivity contribution in [1.82, 2.24) is 5.32 Å². The number of nitrogens with one attached hydrogen (secondary N) is 1. The van der Waals surface area contributed by atoms with Crippen LogP contribution in [0, 0.1) is 0 Å². The summed E-state index contributed by atoms with van der Waals surface area (Å²) in [6, 6.07) is 0. The van der Waals surface area contributed by atoms with Gasteiger partial charge in [-0.2, -0.15) is 0 Å². The predicted octanol–water partition coefficient (Wildman–Crippen LogP) is 0.167. The van der Waals surface area contributed by atoms with Gasteiger partial charge in [-0.25, -0.2) is 0 Å². The van der Waals surface area contributed by atoms with Crippen LogP contribution < -0.4 is 11.1 Å². The number of thiocarbonyl (C=S) groups is 2. The van der Waals surface area contributed by atoms with E-state index in [-0.39, 0.29) is 5.11 Å².